The fourth-order valence-electron chi connectivity index (χ4n) is 0.835. The maximum absolute atomic E-state index is 13.0. The van der Waals surface area contributed by atoms with Crippen molar-refractivity contribution in [3.8, 4) is 0 Å². The molecule has 0 aliphatic rings. The molecule has 0 aliphatic heterocycles. The van der Waals surface area contributed by atoms with E-state index in [1.165, 1.54) is 6.92 Å². The van der Waals surface area contributed by atoms with Crippen molar-refractivity contribution in [3.63, 3.8) is 0 Å². The van der Waals surface area contributed by atoms with Gasteiger partial charge in [-0.3, -0.25) is 4.79 Å². The molecular weight excluding hydrogens is 230 g/mol. The van der Waals surface area contributed by atoms with E-state index in [1.54, 1.807) is 0 Å². The molecule has 0 amide bonds. The number of benzene rings is 1. The van der Waals surface area contributed by atoms with Gasteiger partial charge in [0.15, 0.2) is 6.29 Å². The zero-order chi connectivity index (χ0) is 9.30. The molecule has 1 aromatic rings. The number of rotatable bonds is 1. The Morgan fingerprint density at radius 3 is 2.58 bits per heavy atom. The number of aryl methyl sites for hydroxylation is 1. The smallest absolute Gasteiger partial charge is 0.154 e. The summed E-state index contributed by atoms with van der Waals surface area (Å²) in [6.45, 7) is 1.43. The summed E-state index contributed by atoms with van der Waals surface area (Å²) in [4.78, 5) is 10.3. The first-order valence-electron chi connectivity index (χ1n) is 3.17. The molecule has 0 atom stereocenters. The normalized spacial score (nSPS) is 10.0. The maximum atomic E-state index is 13.0. The van der Waals surface area contributed by atoms with Gasteiger partial charge in [-0.05, 0) is 34.5 Å². The third-order valence-corrected chi connectivity index (χ3v) is 2.27. The quantitative estimate of drug-likeness (QED) is 0.540. The number of halogens is 3. The topological polar surface area (TPSA) is 17.1 Å². The molecular formula is C8H5BrF2O. The van der Waals surface area contributed by atoms with Gasteiger partial charge in [0.2, 0.25) is 0 Å². The van der Waals surface area contributed by atoms with Crippen LogP contribution in [0.4, 0.5) is 8.78 Å². The molecule has 0 radical (unpaired) electrons. The van der Waals surface area contributed by atoms with Gasteiger partial charge in [0.05, 0.1) is 10.0 Å². The average Bonchev–Trinajstić information content (AvgIpc) is 2.01. The van der Waals surface area contributed by atoms with Crippen molar-refractivity contribution >= 4 is 22.2 Å². The van der Waals surface area contributed by atoms with Gasteiger partial charge in [-0.25, -0.2) is 8.78 Å². The summed E-state index contributed by atoms with van der Waals surface area (Å²) in [5, 5.41) is 0. The molecule has 0 unspecified atom stereocenters. The minimum Gasteiger partial charge on any atom is -0.298 e. The van der Waals surface area contributed by atoms with E-state index in [0.29, 0.717) is 0 Å². The second kappa shape index (κ2) is 3.31. The summed E-state index contributed by atoms with van der Waals surface area (Å²) in [6, 6.07) is 0.990. The van der Waals surface area contributed by atoms with Gasteiger partial charge in [0.25, 0.3) is 0 Å². The van der Waals surface area contributed by atoms with E-state index in [2.05, 4.69) is 15.9 Å². The number of hydrogen-bond acceptors (Lipinski definition) is 1. The standard InChI is InChI=1S/C8H5BrF2O/c1-4-2-6(10)5(3-12)7(9)8(4)11/h2-3H,1H3. The first kappa shape index (κ1) is 9.32. The molecule has 1 rings (SSSR count). The van der Waals surface area contributed by atoms with Crippen molar-refractivity contribution in [3.05, 3.63) is 33.3 Å². The summed E-state index contributed by atoms with van der Waals surface area (Å²) >= 11 is 2.80. The third kappa shape index (κ3) is 1.39. The van der Waals surface area contributed by atoms with Crippen LogP contribution in [0, 0.1) is 18.6 Å². The first-order valence-corrected chi connectivity index (χ1v) is 3.96. The van der Waals surface area contributed by atoms with Crippen LogP contribution in [-0.2, 0) is 0 Å². The largest absolute Gasteiger partial charge is 0.298 e. The van der Waals surface area contributed by atoms with Crippen LogP contribution >= 0.6 is 15.9 Å². The minimum absolute atomic E-state index is 0.116. The molecule has 0 saturated carbocycles. The Morgan fingerprint density at radius 1 is 1.50 bits per heavy atom. The molecule has 12 heavy (non-hydrogen) atoms. The summed E-state index contributed by atoms with van der Waals surface area (Å²) in [6.07, 6.45) is 0.280. The van der Waals surface area contributed by atoms with E-state index in [0.717, 1.165) is 6.07 Å². The zero-order valence-electron chi connectivity index (χ0n) is 6.20. The lowest BCUT2D eigenvalue weighted by Gasteiger charge is -2.02. The van der Waals surface area contributed by atoms with Gasteiger partial charge in [0, 0.05) is 0 Å². The number of carbonyl (C=O) groups is 1. The van der Waals surface area contributed by atoms with Crippen LogP contribution in [0.1, 0.15) is 15.9 Å². The molecule has 0 heterocycles. The number of carbonyl (C=O) groups excluding carboxylic acids is 1. The van der Waals surface area contributed by atoms with Gasteiger partial charge in [-0.1, -0.05) is 0 Å². The minimum atomic E-state index is -0.712. The van der Waals surface area contributed by atoms with Gasteiger partial charge >= 0.3 is 0 Å². The van der Waals surface area contributed by atoms with E-state index in [9.17, 15) is 13.6 Å². The fraction of sp³-hybridized carbons (Fsp3) is 0.125. The van der Waals surface area contributed by atoms with Crippen molar-refractivity contribution in [2.75, 3.05) is 0 Å². The van der Waals surface area contributed by atoms with Crippen LogP contribution in [0.2, 0.25) is 0 Å². The molecule has 0 bridgehead atoms. The molecule has 0 N–H and O–H groups in total. The van der Waals surface area contributed by atoms with Crippen LogP contribution in [0.15, 0.2) is 10.5 Å². The molecule has 64 valence electrons. The van der Waals surface area contributed by atoms with Crippen molar-refractivity contribution in [2.24, 2.45) is 0 Å². The second-order valence-corrected chi connectivity index (χ2v) is 3.13. The van der Waals surface area contributed by atoms with Crippen LogP contribution in [0.3, 0.4) is 0 Å². The number of aldehydes is 1. The monoisotopic (exact) mass is 234 g/mol. The lowest BCUT2D eigenvalue weighted by Crippen LogP contribution is -1.95. The van der Waals surface area contributed by atoms with Crippen molar-refractivity contribution in [1.82, 2.24) is 0 Å². The second-order valence-electron chi connectivity index (χ2n) is 2.33. The van der Waals surface area contributed by atoms with Crippen molar-refractivity contribution < 1.29 is 13.6 Å². The van der Waals surface area contributed by atoms with Gasteiger partial charge < -0.3 is 0 Å². The van der Waals surface area contributed by atoms with Crippen LogP contribution in [-0.4, -0.2) is 6.29 Å². The molecule has 1 nitrogen and oxygen atoms in total. The van der Waals surface area contributed by atoms with Crippen LogP contribution < -0.4 is 0 Å². The molecule has 0 aliphatic carbocycles. The maximum Gasteiger partial charge on any atom is 0.154 e. The van der Waals surface area contributed by atoms with E-state index in [4.69, 9.17) is 0 Å². The third-order valence-electron chi connectivity index (χ3n) is 1.49. The van der Waals surface area contributed by atoms with E-state index in [-0.39, 0.29) is 21.9 Å². The predicted octanol–water partition coefficient (Wildman–Crippen LogP) is 2.85. The summed E-state index contributed by atoms with van der Waals surface area (Å²) in [5.74, 6) is -1.31. The summed E-state index contributed by atoms with van der Waals surface area (Å²) in [5.41, 5.74) is -0.108. The Labute approximate surface area is 76.5 Å². The van der Waals surface area contributed by atoms with Gasteiger partial charge in [0.1, 0.15) is 11.6 Å². The Bertz CT molecular complexity index is 336. The average molecular weight is 235 g/mol. The van der Waals surface area contributed by atoms with E-state index >= 15 is 0 Å². The molecule has 1 aromatic carbocycles. The van der Waals surface area contributed by atoms with Crippen molar-refractivity contribution in [1.29, 1.82) is 0 Å². The highest BCUT2D eigenvalue weighted by atomic mass is 79.9. The Morgan fingerprint density at radius 2 is 2.08 bits per heavy atom. The molecule has 0 aromatic heterocycles. The van der Waals surface area contributed by atoms with E-state index < -0.39 is 11.6 Å². The highest BCUT2D eigenvalue weighted by Gasteiger charge is 2.13. The van der Waals surface area contributed by atoms with Gasteiger partial charge in [-0.2, -0.15) is 0 Å². The lowest BCUT2D eigenvalue weighted by atomic mass is 10.1. The summed E-state index contributed by atoms with van der Waals surface area (Å²) in [7, 11) is 0. The molecule has 0 fully saturated rings. The summed E-state index contributed by atoms with van der Waals surface area (Å²) < 4.78 is 25.7. The fourth-order valence-corrected chi connectivity index (χ4v) is 1.43. The predicted molar refractivity (Wildman–Crippen MR) is 44.2 cm³/mol. The molecule has 0 saturated heterocycles. The SMILES string of the molecule is Cc1cc(F)c(C=O)c(Br)c1F. The lowest BCUT2D eigenvalue weighted by molar-refractivity contribution is 0.111. The highest BCUT2D eigenvalue weighted by molar-refractivity contribution is 9.10. The Kier molecular flexibility index (Phi) is 2.57. The number of hydrogen-bond donors (Lipinski definition) is 0. The Balaban J connectivity index is 3.51. The van der Waals surface area contributed by atoms with Crippen LogP contribution in [0.5, 0.6) is 0 Å². The zero-order valence-corrected chi connectivity index (χ0v) is 7.78. The van der Waals surface area contributed by atoms with Crippen molar-refractivity contribution in [2.45, 2.75) is 6.92 Å². The molecule has 4 heteroatoms. The van der Waals surface area contributed by atoms with E-state index in [1.807, 2.05) is 0 Å². The van der Waals surface area contributed by atoms with Crippen LogP contribution in [0.25, 0.3) is 0 Å². The first-order chi connectivity index (χ1) is 5.57. The highest BCUT2D eigenvalue weighted by Crippen LogP contribution is 2.24. The van der Waals surface area contributed by atoms with Gasteiger partial charge in [-0.15, -0.1) is 0 Å². The Hall–Kier alpha value is -0.770. The molecule has 0 spiro atoms.